The van der Waals surface area contributed by atoms with Gasteiger partial charge in [-0.2, -0.15) is 0 Å². The minimum Gasteiger partial charge on any atom is -0.390 e. The summed E-state index contributed by atoms with van der Waals surface area (Å²) in [5.74, 6) is 1.31. The molecule has 3 rings (SSSR count). The zero-order chi connectivity index (χ0) is 16.4. The number of hydrogen-bond donors (Lipinski definition) is 3. The number of hydrogen-bond acceptors (Lipinski definition) is 5. The molecule has 128 valence electrons. The molecule has 4 atom stereocenters. The van der Waals surface area contributed by atoms with Crippen LogP contribution in [0.1, 0.15) is 32.0 Å². The van der Waals surface area contributed by atoms with Gasteiger partial charge in [0.15, 0.2) is 5.82 Å². The maximum absolute atomic E-state index is 12.3. The van der Waals surface area contributed by atoms with Gasteiger partial charge in [-0.05, 0) is 31.1 Å². The summed E-state index contributed by atoms with van der Waals surface area (Å²) >= 11 is 0. The van der Waals surface area contributed by atoms with Gasteiger partial charge in [-0.15, -0.1) is 10.2 Å². The Kier molecular flexibility index (Phi) is 4.82. The Morgan fingerprint density at radius 2 is 1.96 bits per heavy atom. The summed E-state index contributed by atoms with van der Waals surface area (Å²) in [6.45, 7) is 4.55. The first-order valence-corrected chi connectivity index (χ1v) is 8.34. The van der Waals surface area contributed by atoms with Crippen LogP contribution in [0.4, 0.5) is 4.79 Å². The molecule has 3 N–H and O–H groups in total. The summed E-state index contributed by atoms with van der Waals surface area (Å²) in [4.78, 5) is 14.1. The van der Waals surface area contributed by atoms with E-state index >= 15 is 0 Å². The van der Waals surface area contributed by atoms with Gasteiger partial charge in [0.1, 0.15) is 6.33 Å². The fraction of sp³-hybridized carbons (Fsp3) is 0.800. The number of amides is 2. The van der Waals surface area contributed by atoms with Gasteiger partial charge in [-0.1, -0.05) is 6.92 Å². The van der Waals surface area contributed by atoms with Crippen LogP contribution in [0.25, 0.3) is 0 Å². The van der Waals surface area contributed by atoms with Gasteiger partial charge in [0, 0.05) is 19.6 Å². The second-order valence-corrected chi connectivity index (χ2v) is 6.63. The normalized spacial score (nSPS) is 30.3. The number of carbonyl (C=O) groups excluding carboxylic acids is 1. The molecule has 1 aliphatic carbocycles. The van der Waals surface area contributed by atoms with Crippen LogP contribution in [-0.2, 0) is 13.1 Å². The molecule has 0 radical (unpaired) electrons. The Morgan fingerprint density at radius 3 is 2.57 bits per heavy atom. The van der Waals surface area contributed by atoms with E-state index in [1.165, 1.54) is 0 Å². The first kappa shape index (κ1) is 16.2. The van der Waals surface area contributed by atoms with Crippen LogP contribution in [0, 0.1) is 11.8 Å². The van der Waals surface area contributed by atoms with Crippen LogP contribution >= 0.6 is 0 Å². The van der Waals surface area contributed by atoms with Crippen LogP contribution in [0.15, 0.2) is 6.33 Å². The topological polar surface area (TPSA) is 104 Å². The number of carbonyl (C=O) groups is 1. The molecule has 1 aromatic rings. The Bertz CT molecular complexity index is 531. The summed E-state index contributed by atoms with van der Waals surface area (Å²) in [7, 11) is 0. The van der Waals surface area contributed by atoms with Gasteiger partial charge in [0.25, 0.3) is 0 Å². The highest BCUT2D eigenvalue weighted by molar-refractivity contribution is 5.74. The Balaban J connectivity index is 1.52. The van der Waals surface area contributed by atoms with Crippen molar-refractivity contribution in [1.29, 1.82) is 0 Å². The number of rotatable bonds is 4. The standard InChI is InChI=1S/C15H25N5O3/c1-2-3-19-9-17-18-14(19)6-16-15(23)20-7-10-4-12(21)13(22)5-11(10)8-20/h9-13,21-22H,2-8H2,1H3,(H,16,23)/t10-,11+,12-,13-/m0/s1. The van der Waals surface area contributed by atoms with Gasteiger partial charge in [-0.25, -0.2) is 4.79 Å². The molecular weight excluding hydrogens is 298 g/mol. The largest absolute Gasteiger partial charge is 0.390 e. The summed E-state index contributed by atoms with van der Waals surface area (Å²) < 4.78 is 1.94. The molecular formula is C15H25N5O3. The smallest absolute Gasteiger partial charge is 0.317 e. The molecule has 1 aromatic heterocycles. The summed E-state index contributed by atoms with van der Waals surface area (Å²) in [6.07, 6.45) is 2.48. The van der Waals surface area contributed by atoms with Crippen LogP contribution in [-0.4, -0.2) is 61.2 Å². The van der Waals surface area contributed by atoms with Crippen LogP contribution in [0.2, 0.25) is 0 Å². The van der Waals surface area contributed by atoms with Crippen molar-refractivity contribution in [3.63, 3.8) is 0 Å². The minimum atomic E-state index is -0.660. The van der Waals surface area contributed by atoms with E-state index in [0.717, 1.165) is 18.8 Å². The molecule has 1 aliphatic heterocycles. The average Bonchev–Trinajstić information content (AvgIpc) is 3.12. The maximum atomic E-state index is 12.3. The lowest BCUT2D eigenvalue weighted by molar-refractivity contribution is -0.0372. The highest BCUT2D eigenvalue weighted by atomic mass is 16.3. The predicted octanol–water partition coefficient (Wildman–Crippen LogP) is -0.0387. The van der Waals surface area contributed by atoms with E-state index < -0.39 is 12.2 Å². The molecule has 2 amide bonds. The van der Waals surface area contributed by atoms with Crippen molar-refractivity contribution >= 4 is 6.03 Å². The Morgan fingerprint density at radius 1 is 1.30 bits per heavy atom. The molecule has 8 nitrogen and oxygen atoms in total. The second-order valence-electron chi connectivity index (χ2n) is 6.63. The van der Waals surface area contributed by atoms with Crippen molar-refractivity contribution < 1.29 is 15.0 Å². The monoisotopic (exact) mass is 323 g/mol. The zero-order valence-electron chi connectivity index (χ0n) is 13.4. The van der Waals surface area contributed by atoms with Crippen molar-refractivity contribution in [1.82, 2.24) is 25.0 Å². The highest BCUT2D eigenvalue weighted by Gasteiger charge is 2.42. The van der Waals surface area contributed by atoms with E-state index in [1.54, 1.807) is 11.2 Å². The molecule has 8 heteroatoms. The summed E-state index contributed by atoms with van der Waals surface area (Å²) in [5.41, 5.74) is 0. The molecule has 23 heavy (non-hydrogen) atoms. The minimum absolute atomic E-state index is 0.116. The summed E-state index contributed by atoms with van der Waals surface area (Å²) in [5, 5.41) is 30.4. The van der Waals surface area contributed by atoms with Gasteiger partial charge in [0.2, 0.25) is 0 Å². The van der Waals surface area contributed by atoms with Crippen molar-refractivity contribution in [2.75, 3.05) is 13.1 Å². The van der Waals surface area contributed by atoms with Gasteiger partial charge >= 0.3 is 6.03 Å². The number of aromatic nitrogens is 3. The molecule has 1 saturated carbocycles. The third kappa shape index (κ3) is 3.48. The lowest BCUT2D eigenvalue weighted by atomic mass is 9.79. The first-order chi connectivity index (χ1) is 11.1. The van der Waals surface area contributed by atoms with E-state index in [1.807, 2.05) is 4.57 Å². The molecule has 2 fully saturated rings. The molecule has 0 spiro atoms. The fourth-order valence-electron chi connectivity index (χ4n) is 3.68. The first-order valence-electron chi connectivity index (χ1n) is 8.34. The van der Waals surface area contributed by atoms with Crippen molar-refractivity contribution in [3.05, 3.63) is 12.2 Å². The number of nitrogens with zero attached hydrogens (tertiary/aromatic N) is 4. The predicted molar refractivity (Wildman–Crippen MR) is 82.3 cm³/mol. The average molecular weight is 323 g/mol. The number of aliphatic hydroxyl groups excluding tert-OH is 2. The van der Waals surface area contributed by atoms with Crippen LogP contribution in [0.5, 0.6) is 0 Å². The van der Waals surface area contributed by atoms with Gasteiger partial charge in [-0.3, -0.25) is 0 Å². The van der Waals surface area contributed by atoms with Crippen molar-refractivity contribution in [3.8, 4) is 0 Å². The number of aryl methyl sites for hydroxylation is 1. The number of nitrogens with one attached hydrogen (secondary N) is 1. The van der Waals surface area contributed by atoms with E-state index in [-0.39, 0.29) is 17.9 Å². The van der Waals surface area contributed by atoms with Crippen LogP contribution in [0.3, 0.4) is 0 Å². The van der Waals surface area contributed by atoms with E-state index in [4.69, 9.17) is 0 Å². The second kappa shape index (κ2) is 6.84. The highest BCUT2D eigenvalue weighted by Crippen LogP contribution is 2.36. The van der Waals surface area contributed by atoms with Crippen molar-refractivity contribution in [2.24, 2.45) is 11.8 Å². The number of likely N-dealkylation sites (tertiary alicyclic amines) is 1. The van der Waals surface area contributed by atoms with E-state index in [0.29, 0.717) is 32.5 Å². The van der Waals surface area contributed by atoms with Gasteiger partial charge < -0.3 is 25.0 Å². The molecule has 0 unspecified atom stereocenters. The summed E-state index contributed by atoms with van der Waals surface area (Å²) in [6, 6.07) is -0.116. The molecule has 0 aromatic carbocycles. The number of urea groups is 1. The lowest BCUT2D eigenvalue weighted by Crippen LogP contribution is -2.38. The van der Waals surface area contributed by atoms with E-state index in [9.17, 15) is 15.0 Å². The molecule has 1 saturated heterocycles. The fourth-order valence-corrected chi connectivity index (χ4v) is 3.68. The Hall–Kier alpha value is -1.67. The van der Waals surface area contributed by atoms with Crippen molar-refractivity contribution in [2.45, 2.75) is 51.5 Å². The molecule has 0 bridgehead atoms. The SMILES string of the molecule is CCCn1cnnc1CNC(=O)N1C[C@H]2C[C@H](O)[C@@H](O)C[C@H]2C1. The Labute approximate surface area is 135 Å². The van der Waals surface area contributed by atoms with E-state index in [2.05, 4.69) is 22.4 Å². The molecule has 2 aliphatic rings. The lowest BCUT2D eigenvalue weighted by Gasteiger charge is -2.31. The quantitative estimate of drug-likeness (QED) is 0.721. The third-order valence-corrected chi connectivity index (χ3v) is 4.95. The third-order valence-electron chi connectivity index (χ3n) is 4.95. The number of aliphatic hydroxyl groups is 2. The molecule has 2 heterocycles. The maximum Gasteiger partial charge on any atom is 0.317 e. The zero-order valence-corrected chi connectivity index (χ0v) is 13.4. The van der Waals surface area contributed by atoms with Gasteiger partial charge in [0.05, 0.1) is 18.8 Å². The van der Waals surface area contributed by atoms with Crippen LogP contribution < -0.4 is 5.32 Å². The number of fused-ring (bicyclic) bond motifs is 1.